The van der Waals surface area contributed by atoms with Gasteiger partial charge in [0.2, 0.25) is 11.8 Å². The molecule has 0 aliphatic rings. The summed E-state index contributed by atoms with van der Waals surface area (Å²) in [5.74, 6) is 0.198. The third kappa shape index (κ3) is 4.70. The van der Waals surface area contributed by atoms with E-state index in [9.17, 15) is 9.59 Å². The normalized spacial score (nSPS) is 10.3. The molecular formula is C19H17N3O4. The number of nitrogens with one attached hydrogen (secondary N) is 1. The van der Waals surface area contributed by atoms with Gasteiger partial charge in [0.25, 0.3) is 5.91 Å². The summed E-state index contributed by atoms with van der Waals surface area (Å²) in [6, 6.07) is 16.1. The number of benzene rings is 2. The zero-order valence-electron chi connectivity index (χ0n) is 13.8. The van der Waals surface area contributed by atoms with Crippen LogP contribution in [-0.2, 0) is 16.0 Å². The molecule has 132 valence electrons. The van der Waals surface area contributed by atoms with Gasteiger partial charge in [-0.05, 0) is 36.4 Å². The summed E-state index contributed by atoms with van der Waals surface area (Å²) in [7, 11) is 0. The smallest absolute Gasteiger partial charge is 0.255 e. The van der Waals surface area contributed by atoms with Crippen LogP contribution in [0.1, 0.15) is 5.69 Å². The number of amides is 2. The van der Waals surface area contributed by atoms with Gasteiger partial charge in [0.1, 0.15) is 12.0 Å². The summed E-state index contributed by atoms with van der Waals surface area (Å²) < 4.78 is 10.6. The van der Waals surface area contributed by atoms with Gasteiger partial charge in [-0.2, -0.15) is 0 Å². The Morgan fingerprint density at radius 2 is 1.81 bits per heavy atom. The van der Waals surface area contributed by atoms with Crippen LogP contribution in [0.5, 0.6) is 5.75 Å². The number of hydrogen-bond donors (Lipinski definition) is 2. The summed E-state index contributed by atoms with van der Waals surface area (Å²) in [5, 5.41) is 2.76. The van der Waals surface area contributed by atoms with Gasteiger partial charge in [0.15, 0.2) is 6.61 Å². The van der Waals surface area contributed by atoms with Gasteiger partial charge in [-0.25, -0.2) is 4.98 Å². The number of ether oxygens (including phenoxy) is 1. The molecule has 3 rings (SSSR count). The molecule has 1 heterocycles. The van der Waals surface area contributed by atoms with Crippen LogP contribution in [0.2, 0.25) is 0 Å². The van der Waals surface area contributed by atoms with Crippen molar-refractivity contribution in [2.24, 2.45) is 5.73 Å². The number of hydrogen-bond acceptors (Lipinski definition) is 5. The van der Waals surface area contributed by atoms with Crippen LogP contribution in [0.15, 0.2) is 65.3 Å². The van der Waals surface area contributed by atoms with E-state index < -0.39 is 5.91 Å². The summed E-state index contributed by atoms with van der Waals surface area (Å²) in [6.45, 7) is -0.193. The third-order valence-electron chi connectivity index (χ3n) is 3.43. The van der Waals surface area contributed by atoms with Gasteiger partial charge in [-0.15, -0.1) is 0 Å². The molecule has 3 aromatic rings. The average Bonchev–Trinajstić information content (AvgIpc) is 3.10. The zero-order valence-corrected chi connectivity index (χ0v) is 13.8. The van der Waals surface area contributed by atoms with Crippen molar-refractivity contribution in [3.05, 3.63) is 66.6 Å². The Morgan fingerprint density at radius 1 is 1.08 bits per heavy atom. The fourth-order valence-corrected chi connectivity index (χ4v) is 2.26. The second-order valence-electron chi connectivity index (χ2n) is 5.51. The lowest BCUT2D eigenvalue weighted by molar-refractivity contribution is -0.120. The van der Waals surface area contributed by atoms with Crippen molar-refractivity contribution in [3.8, 4) is 17.2 Å². The Balaban J connectivity index is 1.56. The minimum atomic E-state index is -0.551. The third-order valence-corrected chi connectivity index (χ3v) is 3.43. The van der Waals surface area contributed by atoms with Gasteiger partial charge in [0, 0.05) is 11.3 Å². The molecule has 0 fully saturated rings. The van der Waals surface area contributed by atoms with Crippen LogP contribution < -0.4 is 15.8 Å². The molecule has 0 aliphatic carbocycles. The second-order valence-corrected chi connectivity index (χ2v) is 5.51. The number of carbonyl (C=O) groups is 2. The van der Waals surface area contributed by atoms with Crippen LogP contribution in [0, 0.1) is 0 Å². The van der Waals surface area contributed by atoms with Gasteiger partial charge in [0.05, 0.1) is 12.1 Å². The van der Waals surface area contributed by atoms with E-state index in [4.69, 9.17) is 14.9 Å². The van der Waals surface area contributed by atoms with Crippen LogP contribution in [0.25, 0.3) is 11.5 Å². The lowest BCUT2D eigenvalue weighted by atomic mass is 10.2. The fourth-order valence-electron chi connectivity index (χ4n) is 2.26. The fraction of sp³-hybridized carbons (Fsp3) is 0.105. The standard InChI is InChI=1S/C19H17N3O4/c20-17(23)12-25-16-8-6-14(7-9-16)21-18(24)10-15-11-26-19(22-15)13-4-2-1-3-5-13/h1-9,11H,10,12H2,(H2,20,23)(H,21,24). The molecule has 0 radical (unpaired) electrons. The van der Waals surface area contributed by atoms with E-state index in [-0.39, 0.29) is 18.9 Å². The highest BCUT2D eigenvalue weighted by molar-refractivity contribution is 5.92. The molecule has 2 aromatic carbocycles. The van der Waals surface area contributed by atoms with Crippen molar-refractivity contribution < 1.29 is 18.7 Å². The van der Waals surface area contributed by atoms with E-state index in [2.05, 4.69) is 10.3 Å². The van der Waals surface area contributed by atoms with Crippen molar-refractivity contribution in [1.82, 2.24) is 4.98 Å². The largest absolute Gasteiger partial charge is 0.484 e. The molecule has 0 bridgehead atoms. The topological polar surface area (TPSA) is 107 Å². The van der Waals surface area contributed by atoms with Crippen LogP contribution >= 0.6 is 0 Å². The summed E-state index contributed by atoms with van der Waals surface area (Å²) in [5.41, 5.74) is 7.02. The van der Waals surface area contributed by atoms with Crippen LogP contribution in [0.3, 0.4) is 0 Å². The molecule has 0 saturated carbocycles. The highest BCUT2D eigenvalue weighted by atomic mass is 16.5. The predicted molar refractivity (Wildman–Crippen MR) is 95.4 cm³/mol. The molecule has 7 nitrogen and oxygen atoms in total. The first kappa shape index (κ1) is 17.2. The molecule has 0 aliphatic heterocycles. The molecule has 0 unspecified atom stereocenters. The van der Waals surface area contributed by atoms with E-state index in [1.807, 2.05) is 30.3 Å². The average molecular weight is 351 g/mol. The maximum absolute atomic E-state index is 12.1. The zero-order chi connectivity index (χ0) is 18.4. The number of nitrogens with zero attached hydrogens (tertiary/aromatic N) is 1. The first-order valence-electron chi connectivity index (χ1n) is 7.91. The van der Waals surface area contributed by atoms with Crippen LogP contribution in [0.4, 0.5) is 5.69 Å². The Morgan fingerprint density at radius 3 is 2.50 bits per heavy atom. The number of anilines is 1. The number of nitrogens with two attached hydrogens (primary N) is 1. The predicted octanol–water partition coefficient (Wildman–Crippen LogP) is 2.39. The van der Waals surface area contributed by atoms with Gasteiger partial charge < -0.3 is 20.2 Å². The maximum Gasteiger partial charge on any atom is 0.255 e. The molecule has 26 heavy (non-hydrogen) atoms. The van der Waals surface area contributed by atoms with Crippen molar-refractivity contribution in [2.75, 3.05) is 11.9 Å². The maximum atomic E-state index is 12.1. The summed E-state index contributed by atoms with van der Waals surface area (Å²) in [6.07, 6.45) is 1.57. The molecule has 7 heteroatoms. The van der Waals surface area contributed by atoms with Crippen LogP contribution in [-0.4, -0.2) is 23.4 Å². The Labute approximate surface area is 149 Å². The molecule has 0 spiro atoms. The summed E-state index contributed by atoms with van der Waals surface area (Å²) in [4.78, 5) is 27.1. The number of aromatic nitrogens is 1. The molecule has 2 amide bonds. The quantitative estimate of drug-likeness (QED) is 0.679. The first-order valence-corrected chi connectivity index (χ1v) is 7.91. The van der Waals surface area contributed by atoms with E-state index >= 15 is 0 Å². The minimum absolute atomic E-state index is 0.0935. The van der Waals surface area contributed by atoms with Gasteiger partial charge in [-0.3, -0.25) is 9.59 Å². The van der Waals surface area contributed by atoms with E-state index in [1.165, 1.54) is 6.26 Å². The summed E-state index contributed by atoms with van der Waals surface area (Å²) >= 11 is 0. The number of oxazole rings is 1. The Bertz CT molecular complexity index is 889. The first-order chi connectivity index (χ1) is 12.6. The number of carbonyl (C=O) groups excluding carboxylic acids is 2. The number of rotatable bonds is 7. The van der Waals surface area contributed by atoms with E-state index in [1.54, 1.807) is 24.3 Å². The molecule has 1 aromatic heterocycles. The van der Waals surface area contributed by atoms with Gasteiger partial charge >= 0.3 is 0 Å². The van der Waals surface area contributed by atoms with Crippen molar-refractivity contribution in [3.63, 3.8) is 0 Å². The molecule has 0 saturated heterocycles. The number of primary amides is 1. The monoisotopic (exact) mass is 351 g/mol. The van der Waals surface area contributed by atoms with Crippen molar-refractivity contribution in [2.45, 2.75) is 6.42 Å². The van der Waals surface area contributed by atoms with Gasteiger partial charge in [-0.1, -0.05) is 18.2 Å². The highest BCUT2D eigenvalue weighted by Crippen LogP contribution is 2.19. The van der Waals surface area contributed by atoms with Crippen molar-refractivity contribution in [1.29, 1.82) is 0 Å². The highest BCUT2D eigenvalue weighted by Gasteiger charge is 2.10. The lowest BCUT2D eigenvalue weighted by Gasteiger charge is -2.06. The minimum Gasteiger partial charge on any atom is -0.484 e. The lowest BCUT2D eigenvalue weighted by Crippen LogP contribution is -2.20. The Kier molecular flexibility index (Phi) is 5.28. The molecule has 0 atom stereocenters. The Hall–Kier alpha value is -3.61. The van der Waals surface area contributed by atoms with Crippen molar-refractivity contribution >= 4 is 17.5 Å². The van der Waals surface area contributed by atoms with E-state index in [0.29, 0.717) is 23.0 Å². The molecular weight excluding hydrogens is 334 g/mol. The molecule has 3 N–H and O–H groups in total. The SMILES string of the molecule is NC(=O)COc1ccc(NC(=O)Cc2coc(-c3ccccc3)n2)cc1. The second kappa shape index (κ2) is 7.98. The van der Waals surface area contributed by atoms with E-state index in [0.717, 1.165) is 5.56 Å².